The molecule has 1 atom stereocenters. The van der Waals surface area contributed by atoms with Crippen LogP contribution in [-0.2, 0) is 11.2 Å². The average Bonchev–Trinajstić information content (AvgIpc) is 2.46. The molecule has 0 amide bonds. The topological polar surface area (TPSA) is 47.7 Å². The summed E-state index contributed by atoms with van der Waals surface area (Å²) in [5.74, 6) is 0.757. The molecule has 0 bridgehead atoms. The first-order valence-corrected chi connectivity index (χ1v) is 7.47. The quantitative estimate of drug-likeness (QED) is 0.840. The first-order chi connectivity index (χ1) is 9.60. The van der Waals surface area contributed by atoms with Crippen LogP contribution in [0.2, 0.25) is 0 Å². The van der Waals surface area contributed by atoms with Crippen LogP contribution in [0.15, 0.2) is 18.2 Å². The van der Waals surface area contributed by atoms with Gasteiger partial charge in [-0.15, -0.1) is 0 Å². The van der Waals surface area contributed by atoms with Gasteiger partial charge >= 0.3 is 0 Å². The maximum Gasteiger partial charge on any atom is 0.142 e. The molecule has 1 aromatic rings. The zero-order chi connectivity index (χ0) is 14.5. The SMILES string of the molecule is CCc1ccc(OCC2CN(C(C)C)CCO2)c(N)c1. The maximum atomic E-state index is 6.01. The van der Waals surface area contributed by atoms with Gasteiger partial charge in [-0.05, 0) is 38.0 Å². The van der Waals surface area contributed by atoms with Crippen LogP contribution in [0.25, 0.3) is 0 Å². The van der Waals surface area contributed by atoms with E-state index < -0.39 is 0 Å². The Hall–Kier alpha value is -1.26. The molecule has 0 saturated carbocycles. The zero-order valence-corrected chi connectivity index (χ0v) is 12.8. The number of rotatable bonds is 5. The van der Waals surface area contributed by atoms with Crippen molar-refractivity contribution >= 4 is 5.69 Å². The molecule has 112 valence electrons. The Bertz CT molecular complexity index is 434. The molecule has 1 saturated heterocycles. The van der Waals surface area contributed by atoms with Crippen molar-refractivity contribution in [3.05, 3.63) is 23.8 Å². The van der Waals surface area contributed by atoms with Gasteiger partial charge < -0.3 is 15.2 Å². The van der Waals surface area contributed by atoms with Gasteiger partial charge in [0.05, 0.1) is 12.3 Å². The molecule has 2 N–H and O–H groups in total. The fraction of sp³-hybridized carbons (Fsp3) is 0.625. The van der Waals surface area contributed by atoms with Crippen LogP contribution in [0.3, 0.4) is 0 Å². The minimum Gasteiger partial charge on any atom is -0.489 e. The molecule has 4 nitrogen and oxygen atoms in total. The summed E-state index contributed by atoms with van der Waals surface area (Å²) in [6, 6.07) is 6.55. The van der Waals surface area contributed by atoms with Crippen molar-refractivity contribution in [3.8, 4) is 5.75 Å². The van der Waals surface area contributed by atoms with Gasteiger partial charge in [0.25, 0.3) is 0 Å². The summed E-state index contributed by atoms with van der Waals surface area (Å²) in [6.45, 7) is 9.79. The van der Waals surface area contributed by atoms with Crippen molar-refractivity contribution < 1.29 is 9.47 Å². The monoisotopic (exact) mass is 278 g/mol. The van der Waals surface area contributed by atoms with E-state index in [1.165, 1.54) is 5.56 Å². The molecular weight excluding hydrogens is 252 g/mol. The van der Waals surface area contributed by atoms with Gasteiger partial charge in [0.15, 0.2) is 0 Å². The Labute approximate surface area is 121 Å². The summed E-state index contributed by atoms with van der Waals surface area (Å²) >= 11 is 0. The van der Waals surface area contributed by atoms with Crippen molar-refractivity contribution in [2.24, 2.45) is 0 Å². The number of anilines is 1. The van der Waals surface area contributed by atoms with E-state index in [1.807, 2.05) is 12.1 Å². The highest BCUT2D eigenvalue weighted by molar-refractivity contribution is 5.54. The Morgan fingerprint density at radius 2 is 2.25 bits per heavy atom. The number of hydrogen-bond acceptors (Lipinski definition) is 4. The minimum atomic E-state index is 0.122. The summed E-state index contributed by atoms with van der Waals surface area (Å²) in [6.07, 6.45) is 1.11. The van der Waals surface area contributed by atoms with Crippen molar-refractivity contribution in [1.82, 2.24) is 4.90 Å². The van der Waals surface area contributed by atoms with Gasteiger partial charge in [0, 0.05) is 19.1 Å². The van der Waals surface area contributed by atoms with Crippen molar-refractivity contribution in [2.45, 2.75) is 39.3 Å². The third kappa shape index (κ3) is 3.87. The summed E-state index contributed by atoms with van der Waals surface area (Å²) < 4.78 is 11.6. The van der Waals surface area contributed by atoms with Gasteiger partial charge in [-0.1, -0.05) is 13.0 Å². The van der Waals surface area contributed by atoms with E-state index in [-0.39, 0.29) is 6.10 Å². The van der Waals surface area contributed by atoms with Gasteiger partial charge in [0.1, 0.15) is 18.5 Å². The first-order valence-electron chi connectivity index (χ1n) is 7.47. The first kappa shape index (κ1) is 15.1. The van der Waals surface area contributed by atoms with E-state index >= 15 is 0 Å². The Morgan fingerprint density at radius 3 is 2.90 bits per heavy atom. The van der Waals surface area contributed by atoms with Gasteiger partial charge in [-0.3, -0.25) is 4.90 Å². The van der Waals surface area contributed by atoms with E-state index in [0.717, 1.165) is 31.9 Å². The molecule has 2 rings (SSSR count). The van der Waals surface area contributed by atoms with Crippen molar-refractivity contribution in [3.63, 3.8) is 0 Å². The standard InChI is InChI=1S/C16H26N2O2/c1-4-13-5-6-16(15(17)9-13)20-11-14-10-18(12(2)3)7-8-19-14/h5-6,9,12,14H,4,7-8,10-11,17H2,1-3H3. The van der Waals surface area contributed by atoms with E-state index in [0.29, 0.717) is 18.3 Å². The van der Waals surface area contributed by atoms with Crippen LogP contribution in [0.4, 0.5) is 5.69 Å². The van der Waals surface area contributed by atoms with Crippen LogP contribution in [0.1, 0.15) is 26.3 Å². The lowest BCUT2D eigenvalue weighted by molar-refractivity contribution is -0.0563. The highest BCUT2D eigenvalue weighted by Crippen LogP contribution is 2.23. The largest absolute Gasteiger partial charge is 0.489 e. The molecule has 0 aliphatic carbocycles. The molecule has 1 aromatic carbocycles. The van der Waals surface area contributed by atoms with E-state index in [2.05, 4.69) is 31.7 Å². The molecule has 1 aliphatic rings. The van der Waals surface area contributed by atoms with Gasteiger partial charge in [-0.2, -0.15) is 0 Å². The van der Waals surface area contributed by atoms with Crippen LogP contribution >= 0.6 is 0 Å². The van der Waals surface area contributed by atoms with Gasteiger partial charge in [0.2, 0.25) is 0 Å². The number of nitrogen functional groups attached to an aromatic ring is 1. The third-order valence-electron chi connectivity index (χ3n) is 3.81. The number of aryl methyl sites for hydroxylation is 1. The number of ether oxygens (including phenoxy) is 2. The summed E-state index contributed by atoms with van der Waals surface area (Å²) in [4.78, 5) is 2.42. The van der Waals surface area contributed by atoms with Crippen molar-refractivity contribution in [2.75, 3.05) is 32.0 Å². The molecule has 1 fully saturated rings. The normalized spacial score (nSPS) is 20.3. The minimum absolute atomic E-state index is 0.122. The smallest absolute Gasteiger partial charge is 0.142 e. The highest BCUT2D eigenvalue weighted by atomic mass is 16.5. The predicted molar refractivity (Wildman–Crippen MR) is 82.2 cm³/mol. The molecule has 0 aromatic heterocycles. The average molecular weight is 278 g/mol. The predicted octanol–water partition coefficient (Wildman–Crippen LogP) is 2.32. The molecule has 0 spiro atoms. The van der Waals surface area contributed by atoms with E-state index in [4.69, 9.17) is 15.2 Å². The third-order valence-corrected chi connectivity index (χ3v) is 3.81. The Balaban J connectivity index is 1.88. The van der Waals surface area contributed by atoms with E-state index in [9.17, 15) is 0 Å². The zero-order valence-electron chi connectivity index (χ0n) is 12.8. The molecule has 0 radical (unpaired) electrons. The fourth-order valence-electron chi connectivity index (χ4n) is 2.44. The van der Waals surface area contributed by atoms with E-state index in [1.54, 1.807) is 0 Å². The lowest BCUT2D eigenvalue weighted by Crippen LogP contribution is -2.47. The second kappa shape index (κ2) is 6.95. The van der Waals surface area contributed by atoms with Crippen LogP contribution in [0.5, 0.6) is 5.75 Å². The molecule has 1 aliphatic heterocycles. The molecule has 20 heavy (non-hydrogen) atoms. The summed E-state index contributed by atoms with van der Waals surface area (Å²) in [7, 11) is 0. The van der Waals surface area contributed by atoms with Crippen molar-refractivity contribution in [1.29, 1.82) is 0 Å². The Morgan fingerprint density at radius 1 is 1.45 bits per heavy atom. The maximum absolute atomic E-state index is 6.01. The highest BCUT2D eigenvalue weighted by Gasteiger charge is 2.22. The van der Waals surface area contributed by atoms with Crippen LogP contribution in [0, 0.1) is 0 Å². The Kier molecular flexibility index (Phi) is 5.26. The number of morpholine rings is 1. The molecule has 1 unspecified atom stereocenters. The second-order valence-corrected chi connectivity index (χ2v) is 5.62. The fourth-order valence-corrected chi connectivity index (χ4v) is 2.44. The summed E-state index contributed by atoms with van der Waals surface area (Å²) in [5, 5.41) is 0. The number of benzene rings is 1. The molecule has 4 heteroatoms. The summed E-state index contributed by atoms with van der Waals surface area (Å²) in [5.41, 5.74) is 7.95. The number of nitrogens with zero attached hydrogens (tertiary/aromatic N) is 1. The lowest BCUT2D eigenvalue weighted by Gasteiger charge is -2.35. The number of hydrogen-bond donors (Lipinski definition) is 1. The molecular formula is C16H26N2O2. The van der Waals surface area contributed by atoms with Crippen LogP contribution in [-0.4, -0.2) is 43.3 Å². The van der Waals surface area contributed by atoms with Gasteiger partial charge in [-0.25, -0.2) is 0 Å². The van der Waals surface area contributed by atoms with Crippen LogP contribution < -0.4 is 10.5 Å². The lowest BCUT2D eigenvalue weighted by atomic mass is 10.1. The number of nitrogens with two attached hydrogens (primary N) is 1. The molecule has 1 heterocycles. The second-order valence-electron chi connectivity index (χ2n) is 5.62.